The summed E-state index contributed by atoms with van der Waals surface area (Å²) in [4.78, 5) is 20.8. The van der Waals surface area contributed by atoms with E-state index in [1.54, 1.807) is 6.92 Å². The van der Waals surface area contributed by atoms with Crippen molar-refractivity contribution >= 4 is 11.9 Å². The maximum atomic E-state index is 10.7. The fourth-order valence-corrected chi connectivity index (χ4v) is 0.779. The van der Waals surface area contributed by atoms with Crippen molar-refractivity contribution in [3.63, 3.8) is 0 Å². The van der Waals surface area contributed by atoms with Gasteiger partial charge in [0.2, 0.25) is 0 Å². The van der Waals surface area contributed by atoms with Gasteiger partial charge in [0, 0.05) is 12.8 Å². The van der Waals surface area contributed by atoms with Crippen molar-refractivity contribution in [2.24, 2.45) is 0 Å². The van der Waals surface area contributed by atoms with Crippen molar-refractivity contribution in [2.45, 2.75) is 32.6 Å². The average Bonchev–Trinajstić information content (AvgIpc) is 1.98. The predicted molar refractivity (Wildman–Crippen MR) is 43.8 cm³/mol. The van der Waals surface area contributed by atoms with Crippen molar-refractivity contribution in [1.82, 2.24) is 0 Å². The Morgan fingerprint density at radius 1 is 1.31 bits per heavy atom. The van der Waals surface area contributed by atoms with Crippen molar-refractivity contribution in [1.29, 1.82) is 0 Å². The molecule has 0 fully saturated rings. The van der Waals surface area contributed by atoms with Gasteiger partial charge in [-0.25, -0.2) is 0 Å². The van der Waals surface area contributed by atoms with Crippen LogP contribution in [0.2, 0.25) is 0 Å². The van der Waals surface area contributed by atoms with E-state index in [0.29, 0.717) is 25.9 Å². The van der Waals surface area contributed by atoms with Crippen molar-refractivity contribution in [3.05, 3.63) is 0 Å². The van der Waals surface area contributed by atoms with Gasteiger partial charge in [-0.2, -0.15) is 0 Å². The third-order valence-electron chi connectivity index (χ3n) is 1.33. The minimum atomic E-state index is -0.821. The second-order valence-corrected chi connectivity index (χ2v) is 2.41. The molecule has 4 nitrogen and oxygen atoms in total. The molecule has 5 heteroatoms. The molecule has 0 spiro atoms. The number of aliphatic carboxylic acids is 1. The first-order chi connectivity index (χ1) is 5.66. The normalized spacial score (nSPS) is 8.69. The predicted octanol–water partition coefficient (Wildman–Crippen LogP) is -1.69. The van der Waals surface area contributed by atoms with Crippen molar-refractivity contribution in [3.8, 4) is 0 Å². The van der Waals surface area contributed by atoms with Crippen molar-refractivity contribution in [2.75, 3.05) is 6.61 Å². The van der Waals surface area contributed by atoms with Crippen LogP contribution in [0, 0.1) is 0 Å². The van der Waals surface area contributed by atoms with Crippen LogP contribution in [0.25, 0.3) is 0 Å². The third kappa shape index (κ3) is 12.6. The number of hydrogen-bond acceptors (Lipinski definition) is 3. The molecule has 0 heterocycles. The molecule has 13 heavy (non-hydrogen) atoms. The second kappa shape index (κ2) is 10.7. The molecule has 0 aromatic carbocycles. The molecular weight excluding hydrogens is 199 g/mol. The van der Waals surface area contributed by atoms with Gasteiger partial charge in [0.15, 0.2) is 0 Å². The van der Waals surface area contributed by atoms with E-state index in [0.717, 1.165) is 0 Å². The van der Waals surface area contributed by atoms with Crippen LogP contribution in [0.5, 0.6) is 0 Å². The van der Waals surface area contributed by atoms with E-state index in [1.165, 1.54) is 0 Å². The second-order valence-electron chi connectivity index (χ2n) is 2.41. The molecule has 72 valence electrons. The fraction of sp³-hybridized carbons (Fsp3) is 0.750. The maximum absolute atomic E-state index is 10.7. The first kappa shape index (κ1) is 16.0. The fourth-order valence-electron chi connectivity index (χ4n) is 0.779. The number of unbranched alkanes of at least 4 members (excludes halogenated alkanes) is 1. The summed E-state index contributed by atoms with van der Waals surface area (Å²) in [6.45, 7) is 2.13. The van der Waals surface area contributed by atoms with Crippen LogP contribution in [-0.2, 0) is 14.3 Å². The SMILES string of the molecule is CCOC(=O)CCCCC(=O)O.[H-].[K+]. The molecule has 0 rings (SSSR count). The molecule has 0 atom stereocenters. The van der Waals surface area contributed by atoms with Crippen LogP contribution in [0.3, 0.4) is 0 Å². The zero-order valence-electron chi connectivity index (χ0n) is 9.21. The van der Waals surface area contributed by atoms with E-state index in [9.17, 15) is 9.59 Å². The molecule has 0 aromatic heterocycles. The summed E-state index contributed by atoms with van der Waals surface area (Å²) < 4.78 is 4.66. The first-order valence-electron chi connectivity index (χ1n) is 4.04. The molecule has 0 aliphatic heterocycles. The van der Waals surface area contributed by atoms with Crippen LogP contribution in [0.1, 0.15) is 34.0 Å². The molecule has 0 radical (unpaired) electrons. The van der Waals surface area contributed by atoms with Gasteiger partial charge in [0.05, 0.1) is 6.61 Å². The van der Waals surface area contributed by atoms with E-state index in [4.69, 9.17) is 5.11 Å². The summed E-state index contributed by atoms with van der Waals surface area (Å²) in [6, 6.07) is 0. The molecule has 0 saturated carbocycles. The van der Waals surface area contributed by atoms with E-state index in [2.05, 4.69) is 4.74 Å². The van der Waals surface area contributed by atoms with Gasteiger partial charge in [-0.1, -0.05) is 0 Å². The summed E-state index contributed by atoms with van der Waals surface area (Å²) in [6.07, 6.45) is 1.57. The molecule has 0 bridgehead atoms. The molecule has 0 aromatic rings. The van der Waals surface area contributed by atoms with E-state index in [1.807, 2.05) is 0 Å². The maximum Gasteiger partial charge on any atom is 1.00 e. The number of carboxylic acids is 1. The first-order valence-corrected chi connectivity index (χ1v) is 4.04. The van der Waals surface area contributed by atoms with Gasteiger partial charge in [-0.3, -0.25) is 9.59 Å². The van der Waals surface area contributed by atoms with Gasteiger partial charge in [0.1, 0.15) is 0 Å². The molecule has 0 amide bonds. The van der Waals surface area contributed by atoms with Gasteiger partial charge >= 0.3 is 63.3 Å². The summed E-state index contributed by atoms with van der Waals surface area (Å²) >= 11 is 0. The Morgan fingerprint density at radius 3 is 2.31 bits per heavy atom. The number of carbonyl (C=O) groups is 2. The summed E-state index contributed by atoms with van der Waals surface area (Å²) in [7, 11) is 0. The number of ether oxygens (including phenoxy) is 1. The monoisotopic (exact) mass is 214 g/mol. The number of hydrogen-bond donors (Lipinski definition) is 1. The van der Waals surface area contributed by atoms with E-state index in [-0.39, 0.29) is 65.2 Å². The van der Waals surface area contributed by atoms with Gasteiger partial charge in [-0.05, 0) is 19.8 Å². The Morgan fingerprint density at radius 2 is 1.85 bits per heavy atom. The van der Waals surface area contributed by atoms with Crippen LogP contribution in [0.15, 0.2) is 0 Å². The molecular formula is C8H15KO4. The topological polar surface area (TPSA) is 63.6 Å². The van der Waals surface area contributed by atoms with E-state index < -0.39 is 5.97 Å². The summed E-state index contributed by atoms with van der Waals surface area (Å²) in [5, 5.41) is 8.27. The zero-order chi connectivity index (χ0) is 9.40. The number of rotatable bonds is 6. The Bertz CT molecular complexity index is 163. The van der Waals surface area contributed by atoms with Gasteiger partial charge < -0.3 is 11.3 Å². The Balaban J connectivity index is -0.000000605. The minimum absolute atomic E-state index is 0. The molecule has 0 unspecified atom stereocenters. The Kier molecular flexibility index (Phi) is 13.1. The standard InChI is InChI=1S/C8H14O4.K.H/c1-2-12-8(11)6-4-3-5-7(9)10;;/h2-6H2,1H3,(H,9,10);;/q;+1;-1. The summed E-state index contributed by atoms with van der Waals surface area (Å²) in [5.41, 5.74) is 0. The Labute approximate surface area is 122 Å². The molecule has 0 saturated heterocycles. The van der Waals surface area contributed by atoms with Gasteiger partial charge in [0.25, 0.3) is 0 Å². The largest absolute Gasteiger partial charge is 1.00 e. The zero-order valence-corrected chi connectivity index (χ0v) is 11.3. The smallest absolute Gasteiger partial charge is 1.00 e. The van der Waals surface area contributed by atoms with Crippen LogP contribution < -0.4 is 51.4 Å². The minimum Gasteiger partial charge on any atom is -1.00 e. The van der Waals surface area contributed by atoms with Crippen LogP contribution >= 0.6 is 0 Å². The van der Waals surface area contributed by atoms with E-state index >= 15 is 0 Å². The number of carboxylic acid groups (broad SMARTS) is 1. The van der Waals surface area contributed by atoms with Crippen LogP contribution in [-0.4, -0.2) is 23.7 Å². The quantitative estimate of drug-likeness (QED) is 0.325. The molecule has 1 N–H and O–H groups in total. The van der Waals surface area contributed by atoms with Gasteiger partial charge in [-0.15, -0.1) is 0 Å². The molecule has 0 aliphatic carbocycles. The number of esters is 1. The molecule has 0 aliphatic rings. The Hall–Kier alpha value is 0.576. The summed E-state index contributed by atoms with van der Waals surface area (Å²) in [5.74, 6) is -1.07. The average molecular weight is 214 g/mol. The third-order valence-corrected chi connectivity index (χ3v) is 1.33. The number of carbonyl (C=O) groups excluding carboxylic acids is 1. The van der Waals surface area contributed by atoms with Crippen molar-refractivity contribution < 1.29 is 72.2 Å². The van der Waals surface area contributed by atoms with Crippen LogP contribution in [0.4, 0.5) is 0 Å².